The Balaban J connectivity index is 2.13. The molecule has 0 N–H and O–H groups in total. The van der Waals surface area contributed by atoms with Crippen LogP contribution in [-0.2, 0) is 9.47 Å². The van der Waals surface area contributed by atoms with E-state index in [1.54, 1.807) is 0 Å². The first-order valence-corrected chi connectivity index (χ1v) is 4.66. The molecule has 56 valence electrons. The van der Waals surface area contributed by atoms with E-state index in [1.165, 1.54) is 0 Å². The van der Waals surface area contributed by atoms with E-state index in [-0.39, 0.29) is 0 Å². The molecular formula is C7H9IO2. The molecule has 0 radical (unpaired) electrons. The second-order valence-corrected chi connectivity index (χ2v) is 4.00. The number of ether oxygens (including phenoxy) is 2. The van der Waals surface area contributed by atoms with Gasteiger partial charge in [-0.25, -0.2) is 0 Å². The molecule has 0 bridgehead atoms. The van der Waals surface area contributed by atoms with Crippen LogP contribution in [0.3, 0.4) is 0 Å². The molecule has 0 unspecified atom stereocenters. The van der Waals surface area contributed by atoms with Gasteiger partial charge in [-0.3, -0.25) is 0 Å². The molecule has 0 amide bonds. The van der Waals surface area contributed by atoms with Gasteiger partial charge in [-0.1, -0.05) is 34.7 Å². The van der Waals surface area contributed by atoms with Crippen molar-refractivity contribution >= 4 is 22.6 Å². The standard InChI is InChI=1S/C7H9IO2/c8-5-2-1-3-6-7(5)10-4-9-6/h1-2,5-7H,3-4H2/t5-,6-,7+/m0/s1. The number of hydrogen-bond acceptors (Lipinski definition) is 2. The lowest BCUT2D eigenvalue weighted by Crippen LogP contribution is -2.32. The summed E-state index contributed by atoms with van der Waals surface area (Å²) in [6.07, 6.45) is 6.02. The van der Waals surface area contributed by atoms with Crippen molar-refractivity contribution in [2.45, 2.75) is 22.6 Å². The van der Waals surface area contributed by atoms with Gasteiger partial charge in [-0.15, -0.1) is 0 Å². The third kappa shape index (κ3) is 1.10. The van der Waals surface area contributed by atoms with Gasteiger partial charge < -0.3 is 9.47 Å². The second-order valence-electron chi connectivity index (χ2n) is 2.56. The average Bonchev–Trinajstić information content (AvgIpc) is 2.36. The molecule has 0 spiro atoms. The van der Waals surface area contributed by atoms with E-state index in [9.17, 15) is 0 Å². The molecule has 0 saturated carbocycles. The Hall–Kier alpha value is 0.390. The normalized spacial score (nSPS) is 45.5. The molecule has 10 heavy (non-hydrogen) atoms. The van der Waals surface area contributed by atoms with Crippen LogP contribution in [0.25, 0.3) is 0 Å². The number of alkyl halides is 1. The fraction of sp³-hybridized carbons (Fsp3) is 0.714. The van der Waals surface area contributed by atoms with Crippen molar-refractivity contribution in [3.05, 3.63) is 12.2 Å². The van der Waals surface area contributed by atoms with E-state index in [1.807, 2.05) is 0 Å². The Morgan fingerprint density at radius 2 is 2.30 bits per heavy atom. The molecule has 1 saturated heterocycles. The van der Waals surface area contributed by atoms with Crippen LogP contribution >= 0.6 is 22.6 Å². The van der Waals surface area contributed by atoms with Crippen molar-refractivity contribution < 1.29 is 9.47 Å². The van der Waals surface area contributed by atoms with Crippen LogP contribution in [0.15, 0.2) is 12.2 Å². The minimum Gasteiger partial charge on any atom is -0.349 e. The van der Waals surface area contributed by atoms with Crippen molar-refractivity contribution in [2.24, 2.45) is 0 Å². The average molecular weight is 252 g/mol. The van der Waals surface area contributed by atoms with Crippen LogP contribution in [0.5, 0.6) is 0 Å². The molecule has 1 heterocycles. The van der Waals surface area contributed by atoms with Gasteiger partial charge in [0.15, 0.2) is 0 Å². The molecule has 0 aromatic rings. The van der Waals surface area contributed by atoms with Gasteiger partial charge in [0.2, 0.25) is 0 Å². The first-order valence-electron chi connectivity index (χ1n) is 3.42. The molecule has 1 aliphatic heterocycles. The summed E-state index contributed by atoms with van der Waals surface area (Å²) >= 11 is 2.38. The zero-order chi connectivity index (χ0) is 6.97. The minimum atomic E-state index is 0.311. The van der Waals surface area contributed by atoms with Gasteiger partial charge in [0.25, 0.3) is 0 Å². The highest BCUT2D eigenvalue weighted by atomic mass is 127. The van der Waals surface area contributed by atoms with E-state index in [4.69, 9.17) is 9.47 Å². The fourth-order valence-corrected chi connectivity index (χ4v) is 2.32. The molecule has 1 aliphatic carbocycles. The topological polar surface area (TPSA) is 18.5 Å². The molecule has 3 heteroatoms. The van der Waals surface area contributed by atoms with Crippen molar-refractivity contribution in [1.82, 2.24) is 0 Å². The van der Waals surface area contributed by atoms with E-state index < -0.39 is 0 Å². The third-order valence-corrected chi connectivity index (χ3v) is 3.04. The SMILES string of the molecule is I[C@H]1C=CC[C@@H]2OCO[C@@H]21. The second kappa shape index (κ2) is 2.79. The number of hydrogen-bond donors (Lipinski definition) is 0. The maximum absolute atomic E-state index is 5.39. The summed E-state index contributed by atoms with van der Waals surface area (Å²) in [5.41, 5.74) is 0. The molecule has 0 aromatic heterocycles. The lowest BCUT2D eigenvalue weighted by atomic mass is 10.0. The van der Waals surface area contributed by atoms with E-state index in [2.05, 4.69) is 34.7 Å². The van der Waals surface area contributed by atoms with Gasteiger partial charge in [0.1, 0.15) is 12.9 Å². The molecule has 0 aromatic carbocycles. The summed E-state index contributed by atoms with van der Waals surface area (Å²) in [6.45, 7) is 0.483. The minimum absolute atomic E-state index is 0.311. The zero-order valence-electron chi connectivity index (χ0n) is 5.50. The van der Waals surface area contributed by atoms with Gasteiger partial charge in [-0.2, -0.15) is 0 Å². The summed E-state index contributed by atoms with van der Waals surface area (Å²) in [5, 5.41) is 0. The molecule has 2 aliphatic rings. The van der Waals surface area contributed by atoms with Gasteiger partial charge in [0, 0.05) is 0 Å². The van der Waals surface area contributed by atoms with Gasteiger partial charge in [0.05, 0.1) is 10.0 Å². The van der Waals surface area contributed by atoms with Crippen LogP contribution in [0.1, 0.15) is 6.42 Å². The van der Waals surface area contributed by atoms with Gasteiger partial charge >= 0.3 is 0 Å². The van der Waals surface area contributed by atoms with E-state index in [0.29, 0.717) is 22.9 Å². The van der Waals surface area contributed by atoms with Crippen molar-refractivity contribution in [2.75, 3.05) is 6.79 Å². The zero-order valence-corrected chi connectivity index (χ0v) is 7.65. The van der Waals surface area contributed by atoms with E-state index in [0.717, 1.165) is 6.42 Å². The Bertz CT molecular complexity index is 158. The van der Waals surface area contributed by atoms with Crippen LogP contribution in [0.4, 0.5) is 0 Å². The van der Waals surface area contributed by atoms with Crippen molar-refractivity contribution in [1.29, 1.82) is 0 Å². The first-order chi connectivity index (χ1) is 4.88. The molecule has 2 rings (SSSR count). The van der Waals surface area contributed by atoms with Crippen LogP contribution < -0.4 is 0 Å². The highest BCUT2D eigenvalue weighted by molar-refractivity contribution is 14.1. The van der Waals surface area contributed by atoms with Crippen LogP contribution in [0, 0.1) is 0 Å². The van der Waals surface area contributed by atoms with Crippen LogP contribution in [-0.4, -0.2) is 22.9 Å². The number of fused-ring (bicyclic) bond motifs is 1. The summed E-state index contributed by atoms with van der Waals surface area (Å²) in [6, 6.07) is 0. The highest BCUT2D eigenvalue weighted by Gasteiger charge is 2.34. The summed E-state index contributed by atoms with van der Waals surface area (Å²) < 4.78 is 11.2. The number of halogens is 1. The Labute approximate surface area is 73.7 Å². The van der Waals surface area contributed by atoms with E-state index >= 15 is 0 Å². The Kier molecular flexibility index (Phi) is 1.97. The predicted octanol–water partition coefficient (Wildman–Crippen LogP) is 1.49. The lowest BCUT2D eigenvalue weighted by Gasteiger charge is -2.22. The molecule has 3 atom stereocenters. The van der Waals surface area contributed by atoms with Crippen LogP contribution in [0.2, 0.25) is 0 Å². The predicted molar refractivity (Wildman–Crippen MR) is 46.2 cm³/mol. The molecular weight excluding hydrogens is 243 g/mol. The monoisotopic (exact) mass is 252 g/mol. The lowest BCUT2D eigenvalue weighted by molar-refractivity contribution is 0.0412. The highest BCUT2D eigenvalue weighted by Crippen LogP contribution is 2.28. The number of rotatable bonds is 0. The largest absolute Gasteiger partial charge is 0.349 e. The Morgan fingerprint density at radius 3 is 3.10 bits per heavy atom. The third-order valence-electron chi connectivity index (χ3n) is 1.91. The van der Waals surface area contributed by atoms with Crippen molar-refractivity contribution in [3.63, 3.8) is 0 Å². The van der Waals surface area contributed by atoms with Gasteiger partial charge in [-0.05, 0) is 6.42 Å². The molecule has 1 fully saturated rings. The maximum atomic E-state index is 5.39. The summed E-state index contributed by atoms with van der Waals surface area (Å²) in [7, 11) is 0. The summed E-state index contributed by atoms with van der Waals surface area (Å²) in [4.78, 5) is 0. The fourth-order valence-electron chi connectivity index (χ4n) is 1.36. The quantitative estimate of drug-likeness (QED) is 0.369. The molecule has 2 nitrogen and oxygen atoms in total. The smallest absolute Gasteiger partial charge is 0.147 e. The maximum Gasteiger partial charge on any atom is 0.147 e. The first kappa shape index (κ1) is 7.06. The van der Waals surface area contributed by atoms with Crippen molar-refractivity contribution in [3.8, 4) is 0 Å². The Morgan fingerprint density at radius 1 is 1.40 bits per heavy atom. The summed E-state index contributed by atoms with van der Waals surface area (Å²) in [5.74, 6) is 0.